The highest BCUT2D eigenvalue weighted by molar-refractivity contribution is 14.1. The van der Waals surface area contributed by atoms with Crippen molar-refractivity contribution in [1.82, 2.24) is 5.32 Å². The largest absolute Gasteiger partial charge is 0.316 e. The molecule has 0 spiro atoms. The van der Waals surface area contributed by atoms with E-state index >= 15 is 0 Å². The van der Waals surface area contributed by atoms with Crippen LogP contribution in [0.15, 0.2) is 0 Å². The lowest BCUT2D eigenvalue weighted by atomic mass is 10.4. The molecule has 1 nitrogen and oxygen atoms in total. The van der Waals surface area contributed by atoms with Crippen LogP contribution in [0.2, 0.25) is 0 Å². The molecule has 0 heterocycles. The van der Waals surface area contributed by atoms with Crippen molar-refractivity contribution in [1.29, 1.82) is 0 Å². The Labute approximate surface area is 65.4 Å². The Hall–Kier alpha value is 0.690. The van der Waals surface area contributed by atoms with Gasteiger partial charge in [0.15, 0.2) is 0 Å². The molecule has 0 rings (SSSR count). The smallest absolute Gasteiger partial charge is 0.0206 e. The normalized spacial score (nSPS) is 13.9. The molecule has 0 aliphatic rings. The third-order valence-electron chi connectivity index (χ3n) is 0.852. The van der Waals surface area contributed by atoms with Crippen LogP contribution in [0.4, 0.5) is 0 Å². The molecule has 0 radical (unpaired) electrons. The molecular formula is C6H14IN. The minimum Gasteiger partial charge on any atom is -0.316 e. The van der Waals surface area contributed by atoms with Gasteiger partial charge in [-0.2, -0.15) is 0 Å². The highest BCUT2D eigenvalue weighted by Gasteiger charge is 1.90. The van der Waals surface area contributed by atoms with Crippen molar-refractivity contribution in [2.45, 2.75) is 24.2 Å². The summed E-state index contributed by atoms with van der Waals surface area (Å²) in [6.07, 6.45) is 1.24. The summed E-state index contributed by atoms with van der Waals surface area (Å²) in [4.78, 5) is 0. The molecule has 0 fully saturated rings. The first kappa shape index (κ1) is 8.69. The number of alkyl halides is 1. The van der Waals surface area contributed by atoms with Gasteiger partial charge in [0.1, 0.15) is 0 Å². The Bertz CT molecular complexity index is 45.8. The quantitative estimate of drug-likeness (QED) is 0.438. The summed E-state index contributed by atoms with van der Waals surface area (Å²) in [5.74, 6) is 0. The summed E-state index contributed by atoms with van der Waals surface area (Å²) in [5, 5.41) is 3.33. The van der Waals surface area contributed by atoms with Gasteiger partial charge in [0, 0.05) is 10.5 Å². The van der Waals surface area contributed by atoms with Gasteiger partial charge in [0.05, 0.1) is 0 Å². The topological polar surface area (TPSA) is 12.0 Å². The van der Waals surface area contributed by atoms with E-state index in [0.29, 0.717) is 0 Å². The second-order valence-corrected chi connectivity index (χ2v) is 4.11. The van der Waals surface area contributed by atoms with Crippen LogP contribution in [0.5, 0.6) is 0 Å². The van der Waals surface area contributed by atoms with Crippen LogP contribution in [-0.4, -0.2) is 17.0 Å². The molecule has 0 aromatic heterocycles. The summed E-state index contributed by atoms with van der Waals surface area (Å²) in [7, 11) is 0. The molecule has 0 aromatic carbocycles. The first-order valence-electron chi connectivity index (χ1n) is 3.12. The van der Waals surface area contributed by atoms with Crippen LogP contribution in [0.3, 0.4) is 0 Å². The van der Waals surface area contributed by atoms with Gasteiger partial charge in [-0.1, -0.05) is 36.4 Å². The van der Waals surface area contributed by atoms with E-state index in [2.05, 4.69) is 41.8 Å². The van der Waals surface area contributed by atoms with Gasteiger partial charge in [-0.3, -0.25) is 0 Å². The predicted molar refractivity (Wildman–Crippen MR) is 46.6 cm³/mol. The van der Waals surface area contributed by atoms with Crippen molar-refractivity contribution >= 4 is 22.6 Å². The highest BCUT2D eigenvalue weighted by Crippen LogP contribution is 1.94. The number of nitrogens with one attached hydrogen (secondary N) is 1. The van der Waals surface area contributed by atoms with Gasteiger partial charge in [0.25, 0.3) is 0 Å². The first-order chi connectivity index (χ1) is 3.77. The SMILES string of the molecule is CCCNC[C@H](C)I. The average molecular weight is 227 g/mol. The maximum absolute atomic E-state index is 3.33. The lowest BCUT2D eigenvalue weighted by Crippen LogP contribution is -2.21. The molecular weight excluding hydrogens is 213 g/mol. The molecule has 0 amide bonds. The van der Waals surface area contributed by atoms with Crippen LogP contribution in [-0.2, 0) is 0 Å². The lowest BCUT2D eigenvalue weighted by molar-refractivity contribution is 0.677. The van der Waals surface area contributed by atoms with Crippen LogP contribution in [0, 0.1) is 0 Å². The minimum absolute atomic E-state index is 0.763. The van der Waals surface area contributed by atoms with Gasteiger partial charge in [-0.05, 0) is 13.0 Å². The third kappa shape index (κ3) is 6.69. The average Bonchev–Trinajstić information content (AvgIpc) is 1.66. The number of hydrogen-bond acceptors (Lipinski definition) is 1. The Morgan fingerprint density at radius 1 is 1.62 bits per heavy atom. The van der Waals surface area contributed by atoms with Crippen LogP contribution < -0.4 is 5.32 Å². The summed E-state index contributed by atoms with van der Waals surface area (Å²) >= 11 is 2.42. The summed E-state index contributed by atoms with van der Waals surface area (Å²) in [6.45, 7) is 6.70. The van der Waals surface area contributed by atoms with Gasteiger partial charge < -0.3 is 5.32 Å². The summed E-state index contributed by atoms with van der Waals surface area (Å²) in [5.41, 5.74) is 0. The second kappa shape index (κ2) is 5.82. The maximum Gasteiger partial charge on any atom is 0.0206 e. The molecule has 0 saturated heterocycles. The van der Waals surface area contributed by atoms with E-state index < -0.39 is 0 Å². The monoisotopic (exact) mass is 227 g/mol. The fourth-order valence-electron chi connectivity index (χ4n) is 0.478. The van der Waals surface area contributed by atoms with Crippen molar-refractivity contribution in [3.63, 3.8) is 0 Å². The Morgan fingerprint density at radius 3 is 2.62 bits per heavy atom. The fourth-order valence-corrected chi connectivity index (χ4v) is 0.789. The van der Waals surface area contributed by atoms with E-state index in [0.717, 1.165) is 17.0 Å². The molecule has 0 saturated carbocycles. The van der Waals surface area contributed by atoms with Crippen LogP contribution in [0.1, 0.15) is 20.3 Å². The fraction of sp³-hybridized carbons (Fsp3) is 1.00. The van der Waals surface area contributed by atoms with Gasteiger partial charge in [-0.25, -0.2) is 0 Å². The lowest BCUT2D eigenvalue weighted by Gasteiger charge is -2.02. The summed E-state index contributed by atoms with van der Waals surface area (Å²) in [6, 6.07) is 0. The zero-order valence-corrected chi connectivity index (χ0v) is 7.73. The van der Waals surface area contributed by atoms with E-state index in [4.69, 9.17) is 0 Å². The molecule has 0 aliphatic carbocycles. The van der Waals surface area contributed by atoms with Crippen molar-refractivity contribution in [2.75, 3.05) is 13.1 Å². The first-order valence-corrected chi connectivity index (χ1v) is 4.36. The van der Waals surface area contributed by atoms with Gasteiger partial charge in [0.2, 0.25) is 0 Å². The van der Waals surface area contributed by atoms with Crippen molar-refractivity contribution in [2.24, 2.45) is 0 Å². The van der Waals surface area contributed by atoms with Crippen LogP contribution >= 0.6 is 22.6 Å². The van der Waals surface area contributed by atoms with E-state index in [1.165, 1.54) is 6.42 Å². The van der Waals surface area contributed by atoms with E-state index in [-0.39, 0.29) is 0 Å². The zero-order valence-electron chi connectivity index (χ0n) is 5.58. The van der Waals surface area contributed by atoms with Gasteiger partial charge >= 0.3 is 0 Å². The van der Waals surface area contributed by atoms with Crippen LogP contribution in [0.25, 0.3) is 0 Å². The van der Waals surface area contributed by atoms with Gasteiger partial charge in [-0.15, -0.1) is 0 Å². The Morgan fingerprint density at radius 2 is 2.25 bits per heavy atom. The van der Waals surface area contributed by atoms with Crippen molar-refractivity contribution < 1.29 is 0 Å². The van der Waals surface area contributed by atoms with E-state index in [9.17, 15) is 0 Å². The van der Waals surface area contributed by atoms with Crippen molar-refractivity contribution in [3.05, 3.63) is 0 Å². The third-order valence-corrected chi connectivity index (χ3v) is 1.29. The molecule has 0 unspecified atom stereocenters. The standard InChI is InChI=1S/C6H14IN/c1-3-4-8-5-6(2)7/h6,8H,3-5H2,1-2H3/t6-/m0/s1. The summed E-state index contributed by atoms with van der Waals surface area (Å²) < 4.78 is 0.763. The molecule has 1 atom stereocenters. The number of rotatable bonds is 4. The minimum atomic E-state index is 0.763. The molecule has 2 heteroatoms. The highest BCUT2D eigenvalue weighted by atomic mass is 127. The van der Waals surface area contributed by atoms with E-state index in [1.54, 1.807) is 0 Å². The molecule has 0 aliphatic heterocycles. The Kier molecular flexibility index (Phi) is 6.32. The van der Waals surface area contributed by atoms with Crippen molar-refractivity contribution in [3.8, 4) is 0 Å². The molecule has 50 valence electrons. The number of hydrogen-bond donors (Lipinski definition) is 1. The molecule has 0 bridgehead atoms. The second-order valence-electron chi connectivity index (χ2n) is 1.98. The molecule has 8 heavy (non-hydrogen) atoms. The molecule has 0 aromatic rings. The van der Waals surface area contributed by atoms with E-state index in [1.807, 2.05) is 0 Å². The Balaban J connectivity index is 2.72. The number of halogens is 1. The zero-order chi connectivity index (χ0) is 6.41. The molecule has 1 N–H and O–H groups in total. The maximum atomic E-state index is 3.33. The predicted octanol–water partition coefficient (Wildman–Crippen LogP) is 1.81.